The second kappa shape index (κ2) is 5.89. The van der Waals surface area contributed by atoms with Gasteiger partial charge >= 0.3 is 0 Å². The van der Waals surface area contributed by atoms with Gasteiger partial charge in [-0.2, -0.15) is 5.10 Å². The van der Waals surface area contributed by atoms with E-state index in [9.17, 15) is 4.79 Å². The number of benzene rings is 1. The van der Waals surface area contributed by atoms with E-state index in [1.54, 1.807) is 0 Å². The molecule has 5 rings (SSSR count). The van der Waals surface area contributed by atoms with E-state index in [-0.39, 0.29) is 17.4 Å². The average Bonchev–Trinajstić information content (AvgIpc) is 3.38. The van der Waals surface area contributed by atoms with Gasteiger partial charge in [0.05, 0.1) is 17.3 Å². The molecule has 0 aliphatic carbocycles. The van der Waals surface area contributed by atoms with E-state index in [4.69, 9.17) is 10.8 Å². The number of pyridine rings is 1. The summed E-state index contributed by atoms with van der Waals surface area (Å²) in [5.41, 5.74) is 9.90. The Hall–Kier alpha value is -2.73. The number of fused-ring (bicyclic) bond motifs is 3. The van der Waals surface area contributed by atoms with Crippen molar-refractivity contribution in [2.75, 3.05) is 13.1 Å². The van der Waals surface area contributed by atoms with Gasteiger partial charge in [-0.3, -0.25) is 19.4 Å². The number of carbonyl (C=O) groups excluding carboxylic acids is 1. The summed E-state index contributed by atoms with van der Waals surface area (Å²) in [4.78, 5) is 18.4. The molecule has 138 valence electrons. The standard InChI is InChI=1S/C21H23N5O/c1-14(20(22)27)25-8-6-21(13-25)7-9-26-19(21)11-18(24-26)16-10-15-4-2-3-5-17(15)23-12-16/h2-5,10-12,14H,6-9,13H2,1H3,(H2,22,27). The van der Waals surface area contributed by atoms with Gasteiger partial charge < -0.3 is 5.73 Å². The number of aromatic nitrogens is 3. The third-order valence-corrected chi connectivity index (χ3v) is 6.35. The fraction of sp³-hybridized carbons (Fsp3) is 0.381. The molecule has 2 aliphatic rings. The zero-order chi connectivity index (χ0) is 18.6. The Morgan fingerprint density at radius 2 is 2.04 bits per heavy atom. The van der Waals surface area contributed by atoms with Crippen molar-refractivity contribution in [3.8, 4) is 11.3 Å². The van der Waals surface area contributed by atoms with E-state index in [1.807, 2.05) is 31.3 Å². The highest BCUT2D eigenvalue weighted by Crippen LogP contribution is 2.44. The molecule has 1 amide bonds. The summed E-state index contributed by atoms with van der Waals surface area (Å²) in [6.45, 7) is 4.61. The van der Waals surface area contributed by atoms with Crippen molar-refractivity contribution in [1.29, 1.82) is 0 Å². The Morgan fingerprint density at radius 1 is 1.22 bits per heavy atom. The number of primary amides is 1. The van der Waals surface area contributed by atoms with Gasteiger partial charge in [0.2, 0.25) is 5.91 Å². The van der Waals surface area contributed by atoms with Crippen molar-refractivity contribution >= 4 is 16.8 Å². The molecule has 2 aromatic heterocycles. The smallest absolute Gasteiger partial charge is 0.234 e. The first-order valence-electron chi connectivity index (χ1n) is 9.53. The normalized spacial score (nSPS) is 23.1. The zero-order valence-corrected chi connectivity index (χ0v) is 15.4. The molecule has 2 aliphatic heterocycles. The van der Waals surface area contributed by atoms with Crippen molar-refractivity contribution in [2.45, 2.75) is 37.8 Å². The van der Waals surface area contributed by atoms with Crippen LogP contribution in [-0.4, -0.2) is 44.7 Å². The lowest BCUT2D eigenvalue weighted by Gasteiger charge is -2.25. The zero-order valence-electron chi connectivity index (χ0n) is 15.4. The van der Waals surface area contributed by atoms with E-state index < -0.39 is 0 Å². The SMILES string of the molecule is CC(C(N)=O)N1CCC2(CCn3nc(-c4cnc5ccccc5c4)cc32)C1. The van der Waals surface area contributed by atoms with Crippen LogP contribution >= 0.6 is 0 Å². The van der Waals surface area contributed by atoms with E-state index in [0.717, 1.165) is 54.6 Å². The van der Waals surface area contributed by atoms with Crippen LogP contribution in [0, 0.1) is 0 Å². The molecule has 0 radical (unpaired) electrons. The van der Waals surface area contributed by atoms with Crippen molar-refractivity contribution in [3.63, 3.8) is 0 Å². The van der Waals surface area contributed by atoms with Crippen LogP contribution in [0.1, 0.15) is 25.5 Å². The van der Waals surface area contributed by atoms with Crippen LogP contribution in [0.15, 0.2) is 42.6 Å². The second-order valence-electron chi connectivity index (χ2n) is 7.88. The molecule has 1 spiro atoms. The molecule has 27 heavy (non-hydrogen) atoms. The summed E-state index contributed by atoms with van der Waals surface area (Å²) in [5.74, 6) is -0.249. The summed E-state index contributed by atoms with van der Waals surface area (Å²) in [5, 5.41) is 5.98. The highest BCUT2D eigenvalue weighted by atomic mass is 16.1. The quantitative estimate of drug-likeness (QED) is 0.777. The van der Waals surface area contributed by atoms with Gasteiger partial charge in [0.15, 0.2) is 0 Å². The molecule has 4 heterocycles. The molecule has 1 fully saturated rings. The van der Waals surface area contributed by atoms with Gasteiger partial charge in [-0.25, -0.2) is 0 Å². The van der Waals surface area contributed by atoms with Crippen molar-refractivity contribution in [1.82, 2.24) is 19.7 Å². The molecular formula is C21H23N5O. The van der Waals surface area contributed by atoms with Crippen molar-refractivity contribution in [3.05, 3.63) is 48.3 Å². The monoisotopic (exact) mass is 361 g/mol. The van der Waals surface area contributed by atoms with Crippen molar-refractivity contribution < 1.29 is 4.79 Å². The first kappa shape index (κ1) is 16.4. The van der Waals surface area contributed by atoms with E-state index in [2.05, 4.69) is 32.8 Å². The molecule has 1 saturated heterocycles. The fourth-order valence-electron chi connectivity index (χ4n) is 4.64. The van der Waals surface area contributed by atoms with Crippen molar-refractivity contribution in [2.24, 2.45) is 5.73 Å². The van der Waals surface area contributed by atoms with E-state index in [1.165, 1.54) is 5.69 Å². The molecule has 1 aromatic carbocycles. The number of carbonyl (C=O) groups is 1. The predicted octanol–water partition coefficient (Wildman–Crippen LogP) is 2.32. The Bertz CT molecular complexity index is 1040. The number of amides is 1. The third kappa shape index (κ3) is 2.55. The number of hydrogen-bond donors (Lipinski definition) is 1. The van der Waals surface area contributed by atoms with Crippen LogP contribution in [0.5, 0.6) is 0 Å². The van der Waals surface area contributed by atoms with E-state index in [0.29, 0.717) is 0 Å². The summed E-state index contributed by atoms with van der Waals surface area (Å²) < 4.78 is 2.14. The molecule has 0 bridgehead atoms. The minimum Gasteiger partial charge on any atom is -0.368 e. The Balaban J connectivity index is 1.48. The maximum Gasteiger partial charge on any atom is 0.234 e. The Morgan fingerprint density at radius 3 is 2.89 bits per heavy atom. The summed E-state index contributed by atoms with van der Waals surface area (Å²) in [6.07, 6.45) is 4.03. The number of likely N-dealkylation sites (tertiary alicyclic amines) is 1. The molecule has 6 heteroatoms. The number of para-hydroxylation sites is 1. The number of hydrogen-bond acceptors (Lipinski definition) is 4. The molecule has 6 nitrogen and oxygen atoms in total. The highest BCUT2D eigenvalue weighted by Gasteiger charge is 2.47. The fourth-order valence-corrected chi connectivity index (χ4v) is 4.64. The maximum atomic E-state index is 11.6. The number of rotatable bonds is 3. The lowest BCUT2D eigenvalue weighted by Crippen LogP contribution is -2.42. The molecule has 0 saturated carbocycles. The van der Waals surface area contributed by atoms with E-state index >= 15 is 0 Å². The van der Waals surface area contributed by atoms with Crippen LogP contribution in [0.4, 0.5) is 0 Å². The van der Waals surface area contributed by atoms with Gasteiger partial charge in [0, 0.05) is 41.3 Å². The molecule has 2 unspecified atom stereocenters. The number of nitrogens with zero attached hydrogens (tertiary/aromatic N) is 4. The van der Waals surface area contributed by atoms with Crippen LogP contribution in [0.2, 0.25) is 0 Å². The second-order valence-corrected chi connectivity index (χ2v) is 7.88. The Labute approximate surface area is 158 Å². The number of aryl methyl sites for hydroxylation is 1. The van der Waals surface area contributed by atoms with Gasteiger partial charge in [0.25, 0.3) is 0 Å². The van der Waals surface area contributed by atoms with Crippen LogP contribution < -0.4 is 5.73 Å². The summed E-state index contributed by atoms with van der Waals surface area (Å²) in [6, 6.07) is 12.3. The Kier molecular flexibility index (Phi) is 3.59. The van der Waals surface area contributed by atoms with Gasteiger partial charge in [-0.05, 0) is 44.5 Å². The molecular weight excluding hydrogens is 338 g/mol. The minimum atomic E-state index is -0.249. The maximum absolute atomic E-state index is 11.6. The molecule has 3 aromatic rings. The largest absolute Gasteiger partial charge is 0.368 e. The third-order valence-electron chi connectivity index (χ3n) is 6.35. The van der Waals surface area contributed by atoms with Gasteiger partial charge in [-0.15, -0.1) is 0 Å². The highest BCUT2D eigenvalue weighted by molar-refractivity contribution is 5.83. The van der Waals surface area contributed by atoms with Crippen LogP contribution in [0.25, 0.3) is 22.2 Å². The lowest BCUT2D eigenvalue weighted by atomic mass is 9.82. The first-order valence-corrected chi connectivity index (χ1v) is 9.53. The summed E-state index contributed by atoms with van der Waals surface area (Å²) in [7, 11) is 0. The lowest BCUT2D eigenvalue weighted by molar-refractivity contribution is -0.122. The van der Waals surface area contributed by atoms with Gasteiger partial charge in [-0.1, -0.05) is 18.2 Å². The average molecular weight is 361 g/mol. The van der Waals surface area contributed by atoms with Crippen LogP contribution in [0.3, 0.4) is 0 Å². The summed E-state index contributed by atoms with van der Waals surface area (Å²) >= 11 is 0. The molecule has 2 N–H and O–H groups in total. The first-order chi connectivity index (χ1) is 13.1. The van der Waals surface area contributed by atoms with Gasteiger partial charge in [0.1, 0.15) is 0 Å². The minimum absolute atomic E-state index is 0.0826. The number of nitrogens with two attached hydrogens (primary N) is 1. The molecule has 2 atom stereocenters. The topological polar surface area (TPSA) is 77.0 Å². The predicted molar refractivity (Wildman–Crippen MR) is 104 cm³/mol. The van der Waals surface area contributed by atoms with Crippen LogP contribution in [-0.2, 0) is 16.8 Å².